The van der Waals surface area contributed by atoms with Gasteiger partial charge in [0.1, 0.15) is 0 Å². The zero-order valence-electron chi connectivity index (χ0n) is 13.7. The van der Waals surface area contributed by atoms with E-state index in [0.717, 1.165) is 11.8 Å². The van der Waals surface area contributed by atoms with Crippen molar-refractivity contribution in [1.82, 2.24) is 0 Å². The van der Waals surface area contributed by atoms with Gasteiger partial charge in [0.2, 0.25) is 0 Å². The third kappa shape index (κ3) is 5.97. The average Bonchev–Trinajstić information content (AvgIpc) is 2.50. The van der Waals surface area contributed by atoms with E-state index < -0.39 is 0 Å². The van der Waals surface area contributed by atoms with E-state index in [1.165, 1.54) is 89.9 Å². The summed E-state index contributed by atoms with van der Waals surface area (Å²) < 4.78 is 0. The predicted molar refractivity (Wildman–Crippen MR) is 89.6 cm³/mol. The number of aliphatic imine (C=N–C) groups is 1. The molecule has 0 aromatic heterocycles. The van der Waals surface area contributed by atoms with Crippen LogP contribution in [0.5, 0.6) is 0 Å². The molecule has 116 valence electrons. The van der Waals surface area contributed by atoms with Crippen LogP contribution in [0.4, 0.5) is 0 Å². The van der Waals surface area contributed by atoms with Crippen LogP contribution in [0.1, 0.15) is 96.8 Å². The molecule has 20 heavy (non-hydrogen) atoms. The molecule has 0 aromatic carbocycles. The molecule has 0 aromatic rings. The molecular weight excluding hydrogens is 242 g/mol. The van der Waals surface area contributed by atoms with Crippen molar-refractivity contribution in [3.8, 4) is 0 Å². The van der Waals surface area contributed by atoms with Gasteiger partial charge in [0.15, 0.2) is 0 Å². The zero-order valence-corrected chi connectivity index (χ0v) is 13.7. The second-order valence-corrected chi connectivity index (χ2v) is 7.24. The van der Waals surface area contributed by atoms with E-state index in [-0.39, 0.29) is 0 Å². The molecule has 0 heterocycles. The summed E-state index contributed by atoms with van der Waals surface area (Å²) in [6.07, 6.45) is 22.2. The first-order valence-electron chi connectivity index (χ1n) is 9.40. The molecule has 0 unspecified atom stereocenters. The van der Waals surface area contributed by atoms with Gasteiger partial charge in [-0.25, -0.2) is 0 Å². The van der Waals surface area contributed by atoms with Crippen LogP contribution >= 0.6 is 0 Å². The van der Waals surface area contributed by atoms with Crippen LogP contribution in [0.25, 0.3) is 0 Å². The summed E-state index contributed by atoms with van der Waals surface area (Å²) in [5.41, 5.74) is 0. The molecule has 0 aliphatic heterocycles. The highest BCUT2D eigenvalue weighted by Crippen LogP contribution is 2.33. The third-order valence-electron chi connectivity index (χ3n) is 5.51. The van der Waals surface area contributed by atoms with E-state index >= 15 is 0 Å². The van der Waals surface area contributed by atoms with Crippen molar-refractivity contribution in [2.75, 3.05) is 0 Å². The summed E-state index contributed by atoms with van der Waals surface area (Å²) in [7, 11) is 0. The zero-order chi connectivity index (χ0) is 14.0. The summed E-state index contributed by atoms with van der Waals surface area (Å²) >= 11 is 0. The first kappa shape index (κ1) is 16.0. The van der Waals surface area contributed by atoms with Gasteiger partial charge in [0.05, 0.1) is 0 Å². The fourth-order valence-corrected chi connectivity index (χ4v) is 4.03. The second kappa shape index (κ2) is 9.58. The van der Waals surface area contributed by atoms with Gasteiger partial charge in [0.25, 0.3) is 0 Å². The van der Waals surface area contributed by atoms with Gasteiger partial charge in [-0.3, -0.25) is 4.99 Å². The summed E-state index contributed by atoms with van der Waals surface area (Å²) in [5.74, 6) is 2.00. The van der Waals surface area contributed by atoms with E-state index in [9.17, 15) is 0 Å². The van der Waals surface area contributed by atoms with Gasteiger partial charge < -0.3 is 0 Å². The van der Waals surface area contributed by atoms with Crippen LogP contribution in [0, 0.1) is 11.8 Å². The number of hydrogen-bond donors (Lipinski definition) is 0. The molecule has 0 radical (unpaired) electrons. The lowest BCUT2D eigenvalue weighted by Crippen LogP contribution is -2.15. The third-order valence-corrected chi connectivity index (χ3v) is 5.51. The Morgan fingerprint density at radius 1 is 0.850 bits per heavy atom. The molecule has 0 amide bonds. The Morgan fingerprint density at radius 2 is 1.55 bits per heavy atom. The summed E-state index contributed by atoms with van der Waals surface area (Å²) in [5, 5.41) is 0. The van der Waals surface area contributed by atoms with Gasteiger partial charge in [-0.05, 0) is 50.2 Å². The van der Waals surface area contributed by atoms with E-state index in [1.807, 2.05) is 0 Å². The quantitative estimate of drug-likeness (QED) is 0.390. The number of nitrogens with zero attached hydrogens (tertiary/aromatic N) is 1. The molecular formula is C19H35N. The van der Waals surface area contributed by atoms with Gasteiger partial charge in [0, 0.05) is 6.04 Å². The van der Waals surface area contributed by atoms with E-state index in [2.05, 4.69) is 13.1 Å². The Bertz CT molecular complexity index is 257. The molecule has 1 heteroatoms. The second-order valence-electron chi connectivity index (χ2n) is 7.24. The Hall–Kier alpha value is -0.330. The molecule has 0 bridgehead atoms. The van der Waals surface area contributed by atoms with Crippen molar-refractivity contribution in [1.29, 1.82) is 0 Å². The fraction of sp³-hybridized carbons (Fsp3) is 0.947. The van der Waals surface area contributed by atoms with Gasteiger partial charge in [-0.15, -0.1) is 0 Å². The van der Waals surface area contributed by atoms with Crippen LogP contribution in [0.3, 0.4) is 0 Å². The van der Waals surface area contributed by atoms with Crippen LogP contribution < -0.4 is 0 Å². The summed E-state index contributed by atoms with van der Waals surface area (Å²) in [4.78, 5) is 4.83. The molecule has 0 N–H and O–H groups in total. The maximum atomic E-state index is 4.83. The Kier molecular flexibility index (Phi) is 7.69. The molecule has 2 saturated carbocycles. The topological polar surface area (TPSA) is 12.4 Å². The largest absolute Gasteiger partial charge is 0.294 e. The highest BCUT2D eigenvalue weighted by molar-refractivity contribution is 5.57. The van der Waals surface area contributed by atoms with Crippen LogP contribution in [0.15, 0.2) is 4.99 Å². The van der Waals surface area contributed by atoms with Crippen molar-refractivity contribution < 1.29 is 0 Å². The molecule has 2 fully saturated rings. The van der Waals surface area contributed by atoms with Gasteiger partial charge >= 0.3 is 0 Å². The van der Waals surface area contributed by atoms with Crippen LogP contribution in [-0.4, -0.2) is 12.3 Å². The smallest absolute Gasteiger partial charge is 0.0495 e. The monoisotopic (exact) mass is 277 g/mol. The van der Waals surface area contributed by atoms with E-state index in [0.29, 0.717) is 6.04 Å². The molecule has 0 saturated heterocycles. The summed E-state index contributed by atoms with van der Waals surface area (Å²) in [6, 6.07) is 0.675. The Balaban J connectivity index is 1.56. The first-order chi connectivity index (χ1) is 9.88. The Morgan fingerprint density at radius 3 is 2.25 bits per heavy atom. The van der Waals surface area contributed by atoms with Crippen molar-refractivity contribution in [3.05, 3.63) is 0 Å². The van der Waals surface area contributed by atoms with Crippen molar-refractivity contribution >= 4 is 6.21 Å². The minimum atomic E-state index is 0.675. The molecule has 0 spiro atoms. The standard InChI is InChI=1S/C19H35N/c1-2-3-5-8-17-11-13-18(14-12-17)15-16-20-19-9-6-4-7-10-19/h16-19H,2-15H2,1H3. The summed E-state index contributed by atoms with van der Waals surface area (Å²) in [6.45, 7) is 2.31. The average molecular weight is 277 g/mol. The first-order valence-corrected chi connectivity index (χ1v) is 9.40. The minimum Gasteiger partial charge on any atom is -0.294 e. The maximum Gasteiger partial charge on any atom is 0.0495 e. The van der Waals surface area contributed by atoms with Crippen molar-refractivity contribution in [2.24, 2.45) is 16.8 Å². The van der Waals surface area contributed by atoms with Crippen molar-refractivity contribution in [2.45, 2.75) is 103 Å². The maximum absolute atomic E-state index is 4.83. The molecule has 1 nitrogen and oxygen atoms in total. The van der Waals surface area contributed by atoms with Crippen molar-refractivity contribution in [3.63, 3.8) is 0 Å². The predicted octanol–water partition coefficient (Wildman–Crippen LogP) is 6.17. The molecule has 2 aliphatic carbocycles. The SMILES string of the molecule is CCCCCC1CCC(CC=NC2CCCCC2)CC1. The molecule has 0 atom stereocenters. The lowest BCUT2D eigenvalue weighted by Gasteiger charge is -2.28. The number of hydrogen-bond acceptors (Lipinski definition) is 1. The molecule has 2 aliphatic rings. The van der Waals surface area contributed by atoms with E-state index in [1.54, 1.807) is 0 Å². The number of unbranched alkanes of at least 4 members (excludes halogenated alkanes) is 2. The minimum absolute atomic E-state index is 0.675. The van der Waals surface area contributed by atoms with Crippen LogP contribution in [-0.2, 0) is 0 Å². The Labute approximate surface area is 126 Å². The lowest BCUT2D eigenvalue weighted by molar-refractivity contribution is 0.264. The van der Waals surface area contributed by atoms with Gasteiger partial charge in [-0.1, -0.05) is 64.7 Å². The highest BCUT2D eigenvalue weighted by atomic mass is 14.8. The van der Waals surface area contributed by atoms with Gasteiger partial charge in [-0.2, -0.15) is 0 Å². The van der Waals surface area contributed by atoms with Crippen LogP contribution in [0.2, 0.25) is 0 Å². The number of rotatable bonds is 7. The normalized spacial score (nSPS) is 29.1. The fourth-order valence-electron chi connectivity index (χ4n) is 4.03. The van der Waals surface area contributed by atoms with E-state index in [4.69, 9.17) is 4.99 Å². The molecule has 2 rings (SSSR count). The highest BCUT2D eigenvalue weighted by Gasteiger charge is 2.20. The lowest BCUT2D eigenvalue weighted by atomic mass is 9.79.